The Morgan fingerprint density at radius 3 is 2.87 bits per heavy atom. The van der Waals surface area contributed by atoms with E-state index in [0.717, 1.165) is 37.1 Å². The zero-order valence-corrected chi connectivity index (χ0v) is 21.5. The van der Waals surface area contributed by atoms with E-state index in [9.17, 15) is 9.59 Å². The maximum absolute atomic E-state index is 13.3. The number of aromatic nitrogens is 2. The summed E-state index contributed by atoms with van der Waals surface area (Å²) in [6.45, 7) is 1.41. The molecular weight excluding hydrogens is 486 g/mol. The van der Waals surface area contributed by atoms with Crippen molar-refractivity contribution in [2.24, 2.45) is 0 Å². The maximum atomic E-state index is 13.3. The Kier molecular flexibility index (Phi) is 7.57. The van der Waals surface area contributed by atoms with Crippen LogP contribution in [-0.4, -0.2) is 55.1 Å². The summed E-state index contributed by atoms with van der Waals surface area (Å²) >= 11 is 0. The summed E-state index contributed by atoms with van der Waals surface area (Å²) in [5.41, 5.74) is 3.12. The van der Waals surface area contributed by atoms with Gasteiger partial charge in [0.2, 0.25) is 17.7 Å². The number of benzene rings is 2. The number of anilines is 2. The summed E-state index contributed by atoms with van der Waals surface area (Å²) in [4.78, 5) is 37.0. The van der Waals surface area contributed by atoms with Crippen LogP contribution in [0.4, 0.5) is 11.6 Å². The zero-order chi connectivity index (χ0) is 26.5. The predicted molar refractivity (Wildman–Crippen MR) is 141 cm³/mol. The van der Waals surface area contributed by atoms with Crippen molar-refractivity contribution in [3.63, 3.8) is 0 Å². The van der Waals surface area contributed by atoms with Crippen molar-refractivity contribution >= 4 is 23.5 Å². The van der Waals surface area contributed by atoms with Crippen molar-refractivity contribution in [1.29, 1.82) is 0 Å². The molecule has 0 aliphatic carbocycles. The predicted octanol–water partition coefficient (Wildman–Crippen LogP) is 3.17. The number of nitrogens with zero attached hydrogens (tertiary/aromatic N) is 3. The second-order valence-corrected chi connectivity index (χ2v) is 9.20. The molecule has 2 aromatic carbocycles. The summed E-state index contributed by atoms with van der Waals surface area (Å²) in [6.07, 6.45) is 4.62. The van der Waals surface area contributed by atoms with Gasteiger partial charge in [-0.3, -0.25) is 9.59 Å². The fourth-order valence-electron chi connectivity index (χ4n) is 4.75. The third-order valence-electron chi connectivity index (χ3n) is 6.81. The number of hydrogen-bond donors (Lipinski definition) is 2. The molecule has 1 atom stereocenters. The highest BCUT2D eigenvalue weighted by Crippen LogP contribution is 2.34. The average molecular weight is 518 g/mol. The molecule has 3 heterocycles. The molecule has 2 N–H and O–H groups in total. The Morgan fingerprint density at radius 1 is 1.16 bits per heavy atom. The number of fused-ring (bicyclic) bond motifs is 1. The maximum Gasteiger partial charge on any atom is 0.259 e. The van der Waals surface area contributed by atoms with Crippen molar-refractivity contribution in [2.75, 3.05) is 32.2 Å². The van der Waals surface area contributed by atoms with Crippen LogP contribution in [0.2, 0.25) is 0 Å². The van der Waals surface area contributed by atoms with Gasteiger partial charge in [0.15, 0.2) is 0 Å². The van der Waals surface area contributed by atoms with Crippen LogP contribution < -0.4 is 29.7 Å². The van der Waals surface area contributed by atoms with Gasteiger partial charge in [-0.2, -0.15) is 4.98 Å². The summed E-state index contributed by atoms with van der Waals surface area (Å²) in [7, 11) is 3.17. The molecule has 1 unspecified atom stereocenters. The van der Waals surface area contributed by atoms with Gasteiger partial charge >= 0.3 is 0 Å². The molecule has 2 aliphatic heterocycles. The molecule has 5 rings (SSSR count). The van der Waals surface area contributed by atoms with Crippen LogP contribution in [0.3, 0.4) is 0 Å². The molecule has 0 spiro atoms. The minimum Gasteiger partial charge on any atom is -0.497 e. The highest BCUT2D eigenvalue weighted by molar-refractivity contribution is 5.99. The van der Waals surface area contributed by atoms with Crippen molar-refractivity contribution in [2.45, 2.75) is 38.3 Å². The minimum atomic E-state index is -0.624. The lowest BCUT2D eigenvalue weighted by Crippen LogP contribution is -2.45. The van der Waals surface area contributed by atoms with Gasteiger partial charge in [-0.15, -0.1) is 0 Å². The molecule has 1 fully saturated rings. The Labute approximate surface area is 221 Å². The van der Waals surface area contributed by atoms with E-state index in [1.54, 1.807) is 26.4 Å². The van der Waals surface area contributed by atoms with Crippen LogP contribution >= 0.6 is 0 Å². The molecule has 38 heavy (non-hydrogen) atoms. The number of nitrogens with one attached hydrogen (secondary N) is 2. The SMILES string of the molecule is COc1ccc(OC)c(COc2nc(N3CCc4ccccc43)ncc2C(=O)NC2CCCCNC2=O)c1. The highest BCUT2D eigenvalue weighted by atomic mass is 16.5. The first kappa shape index (κ1) is 25.3. The zero-order valence-electron chi connectivity index (χ0n) is 21.5. The molecule has 0 saturated carbocycles. The van der Waals surface area contributed by atoms with E-state index in [-0.39, 0.29) is 24.0 Å². The molecule has 1 saturated heterocycles. The molecule has 1 aromatic heterocycles. The number of para-hydroxylation sites is 1. The van der Waals surface area contributed by atoms with Gasteiger partial charge in [-0.05, 0) is 55.5 Å². The largest absolute Gasteiger partial charge is 0.497 e. The normalized spacial score (nSPS) is 16.7. The monoisotopic (exact) mass is 517 g/mol. The van der Waals surface area contributed by atoms with E-state index in [2.05, 4.69) is 26.7 Å². The fourth-order valence-corrected chi connectivity index (χ4v) is 4.75. The molecule has 0 bridgehead atoms. The molecule has 10 nitrogen and oxygen atoms in total. The van der Waals surface area contributed by atoms with Crippen molar-refractivity contribution < 1.29 is 23.8 Å². The van der Waals surface area contributed by atoms with Gasteiger partial charge in [0.25, 0.3) is 5.91 Å². The summed E-state index contributed by atoms with van der Waals surface area (Å²) in [6, 6.07) is 12.9. The van der Waals surface area contributed by atoms with E-state index in [1.807, 2.05) is 29.2 Å². The number of hydrogen-bond acceptors (Lipinski definition) is 8. The van der Waals surface area contributed by atoms with Gasteiger partial charge in [-0.1, -0.05) is 18.2 Å². The number of ether oxygens (including phenoxy) is 3. The number of carbonyl (C=O) groups excluding carboxylic acids is 2. The molecule has 10 heteroatoms. The van der Waals surface area contributed by atoms with Crippen LogP contribution in [0.1, 0.15) is 40.7 Å². The van der Waals surface area contributed by atoms with E-state index < -0.39 is 11.9 Å². The van der Waals surface area contributed by atoms with Crippen LogP contribution in [-0.2, 0) is 17.8 Å². The number of rotatable bonds is 8. The standard InChI is InChI=1S/C28H31N5O5/c1-36-20-10-11-24(37-2)19(15-20)17-38-27-21(25(34)31-22-8-5-6-13-29-26(22)35)16-30-28(32-27)33-14-12-18-7-3-4-9-23(18)33/h3-4,7,9-11,15-16,22H,5-6,8,12-14,17H2,1-2H3,(H,29,35)(H,31,34). The molecule has 2 amide bonds. The van der Waals surface area contributed by atoms with E-state index >= 15 is 0 Å². The van der Waals surface area contributed by atoms with E-state index in [4.69, 9.17) is 14.2 Å². The molecule has 0 radical (unpaired) electrons. The van der Waals surface area contributed by atoms with Gasteiger partial charge in [0.05, 0.1) is 14.2 Å². The Balaban J connectivity index is 1.45. The first-order valence-corrected chi connectivity index (χ1v) is 12.7. The number of methoxy groups -OCH3 is 2. The van der Waals surface area contributed by atoms with Gasteiger partial charge in [0.1, 0.15) is 29.7 Å². The first-order valence-electron chi connectivity index (χ1n) is 12.7. The third-order valence-corrected chi connectivity index (χ3v) is 6.81. The topological polar surface area (TPSA) is 115 Å². The number of carbonyl (C=O) groups is 2. The third kappa shape index (κ3) is 5.34. The Morgan fingerprint density at radius 2 is 2.03 bits per heavy atom. The van der Waals surface area contributed by atoms with Crippen LogP contribution in [0.15, 0.2) is 48.7 Å². The second-order valence-electron chi connectivity index (χ2n) is 9.20. The van der Waals surface area contributed by atoms with Gasteiger partial charge in [0, 0.05) is 30.5 Å². The summed E-state index contributed by atoms with van der Waals surface area (Å²) in [5, 5.41) is 5.68. The molecule has 198 valence electrons. The highest BCUT2D eigenvalue weighted by Gasteiger charge is 2.28. The van der Waals surface area contributed by atoms with Crippen LogP contribution in [0, 0.1) is 0 Å². The summed E-state index contributed by atoms with van der Waals surface area (Å²) in [5.74, 6) is 1.18. The summed E-state index contributed by atoms with van der Waals surface area (Å²) < 4.78 is 17.0. The Bertz CT molecular complexity index is 1330. The molecular formula is C28H31N5O5. The minimum absolute atomic E-state index is 0.0810. The molecule has 3 aromatic rings. The number of amides is 2. The quantitative estimate of drug-likeness (QED) is 0.468. The van der Waals surface area contributed by atoms with Gasteiger partial charge in [-0.25, -0.2) is 4.98 Å². The van der Waals surface area contributed by atoms with E-state index in [1.165, 1.54) is 11.8 Å². The lowest BCUT2D eigenvalue weighted by atomic mass is 10.1. The van der Waals surface area contributed by atoms with Crippen molar-refractivity contribution in [1.82, 2.24) is 20.6 Å². The van der Waals surface area contributed by atoms with Crippen LogP contribution in [0.25, 0.3) is 0 Å². The fraction of sp³-hybridized carbons (Fsp3) is 0.357. The lowest BCUT2D eigenvalue weighted by molar-refractivity contribution is -0.122. The van der Waals surface area contributed by atoms with Gasteiger partial charge < -0.3 is 29.7 Å². The average Bonchev–Trinajstić information content (AvgIpc) is 3.28. The first-order chi connectivity index (χ1) is 18.6. The lowest BCUT2D eigenvalue weighted by Gasteiger charge is -2.20. The van der Waals surface area contributed by atoms with E-state index in [0.29, 0.717) is 30.4 Å². The van der Waals surface area contributed by atoms with Crippen molar-refractivity contribution in [3.05, 3.63) is 65.4 Å². The van der Waals surface area contributed by atoms with Crippen molar-refractivity contribution in [3.8, 4) is 17.4 Å². The van der Waals surface area contributed by atoms with Crippen LogP contribution in [0.5, 0.6) is 17.4 Å². The second kappa shape index (κ2) is 11.4. The Hall–Kier alpha value is -4.34. The molecule has 2 aliphatic rings. The smallest absolute Gasteiger partial charge is 0.259 e.